The van der Waals surface area contributed by atoms with Gasteiger partial charge in [0.2, 0.25) is 5.89 Å². The van der Waals surface area contributed by atoms with Crippen molar-refractivity contribution in [3.05, 3.63) is 41.5 Å². The van der Waals surface area contributed by atoms with Crippen molar-refractivity contribution in [1.82, 2.24) is 20.8 Å². The fourth-order valence-corrected chi connectivity index (χ4v) is 2.14. The Bertz CT molecular complexity index is 669. The Morgan fingerprint density at radius 3 is 2.75 bits per heavy atom. The molecule has 0 saturated carbocycles. The number of rotatable bonds is 7. The van der Waals surface area contributed by atoms with Crippen molar-refractivity contribution in [2.24, 2.45) is 4.99 Å². The summed E-state index contributed by atoms with van der Waals surface area (Å²) < 4.78 is 11.0. The van der Waals surface area contributed by atoms with E-state index in [9.17, 15) is 0 Å². The minimum Gasteiger partial charge on any atom is -0.489 e. The number of benzene rings is 1. The maximum absolute atomic E-state index is 5.94. The van der Waals surface area contributed by atoms with Crippen LogP contribution in [-0.4, -0.2) is 42.3 Å². The minimum absolute atomic E-state index is 0.0169. The molecule has 1 unspecified atom stereocenters. The number of hydrogen-bond acceptors (Lipinski definition) is 5. The predicted octanol–water partition coefficient (Wildman–Crippen LogP) is 1.86. The first kappa shape index (κ1) is 17.8. The Kier molecular flexibility index (Phi) is 6.60. The van der Waals surface area contributed by atoms with Crippen LogP contribution < -0.4 is 15.4 Å². The van der Waals surface area contributed by atoms with Gasteiger partial charge in [-0.05, 0) is 32.4 Å². The molecule has 24 heavy (non-hydrogen) atoms. The highest BCUT2D eigenvalue weighted by Crippen LogP contribution is 2.17. The molecule has 1 aromatic carbocycles. The summed E-state index contributed by atoms with van der Waals surface area (Å²) >= 11 is 0. The van der Waals surface area contributed by atoms with Crippen LogP contribution in [0.3, 0.4) is 0 Å². The van der Waals surface area contributed by atoms with E-state index in [-0.39, 0.29) is 6.10 Å². The molecule has 0 fully saturated rings. The van der Waals surface area contributed by atoms with Crippen molar-refractivity contribution in [3.8, 4) is 5.75 Å². The second kappa shape index (κ2) is 8.90. The number of hydrogen-bond donors (Lipinski definition) is 2. The molecule has 2 rings (SSSR count). The lowest BCUT2D eigenvalue weighted by molar-refractivity contribution is 0.222. The van der Waals surface area contributed by atoms with Gasteiger partial charge in [0, 0.05) is 20.0 Å². The molecule has 1 aromatic heterocycles. The summed E-state index contributed by atoms with van der Waals surface area (Å²) in [5, 5.41) is 10.2. The molecule has 7 nitrogen and oxygen atoms in total. The topological polar surface area (TPSA) is 84.6 Å². The van der Waals surface area contributed by atoms with Gasteiger partial charge in [0.15, 0.2) is 11.8 Å². The van der Waals surface area contributed by atoms with Gasteiger partial charge in [-0.25, -0.2) is 0 Å². The van der Waals surface area contributed by atoms with Crippen molar-refractivity contribution >= 4 is 5.96 Å². The van der Waals surface area contributed by atoms with Crippen LogP contribution in [0.1, 0.15) is 24.2 Å². The summed E-state index contributed by atoms with van der Waals surface area (Å²) in [6.45, 7) is 7.17. The average Bonchev–Trinajstić information content (AvgIpc) is 2.98. The van der Waals surface area contributed by atoms with Crippen LogP contribution >= 0.6 is 0 Å². The number of aryl methyl sites for hydroxylation is 2. The summed E-state index contributed by atoms with van der Waals surface area (Å²) in [6, 6.07) is 7.99. The highest BCUT2D eigenvalue weighted by Gasteiger charge is 2.08. The lowest BCUT2D eigenvalue weighted by atomic mass is 10.2. The number of para-hydroxylation sites is 1. The number of aliphatic imine (C=N–C) groups is 1. The third-order valence-corrected chi connectivity index (χ3v) is 3.40. The molecular formula is C17H25N5O2. The van der Waals surface area contributed by atoms with Gasteiger partial charge in [-0.3, -0.25) is 4.99 Å². The van der Waals surface area contributed by atoms with Crippen LogP contribution in [0.15, 0.2) is 33.8 Å². The van der Waals surface area contributed by atoms with Gasteiger partial charge in [-0.1, -0.05) is 23.4 Å². The Hall–Kier alpha value is -2.57. The van der Waals surface area contributed by atoms with Crippen molar-refractivity contribution in [2.75, 3.05) is 20.1 Å². The quantitative estimate of drug-likeness (QED) is 0.595. The molecule has 2 aromatic rings. The Balaban J connectivity index is 1.71. The summed E-state index contributed by atoms with van der Waals surface area (Å²) in [4.78, 5) is 8.36. The Labute approximate surface area is 142 Å². The molecular weight excluding hydrogens is 306 g/mol. The van der Waals surface area contributed by atoms with E-state index in [0.29, 0.717) is 37.2 Å². The Morgan fingerprint density at radius 1 is 1.29 bits per heavy atom. The zero-order valence-electron chi connectivity index (χ0n) is 14.7. The third kappa shape index (κ3) is 5.57. The summed E-state index contributed by atoms with van der Waals surface area (Å²) in [5.74, 6) is 2.88. The number of guanidine groups is 1. The maximum atomic E-state index is 5.94. The first-order valence-corrected chi connectivity index (χ1v) is 8.04. The van der Waals surface area contributed by atoms with Gasteiger partial charge >= 0.3 is 0 Å². The van der Waals surface area contributed by atoms with Gasteiger partial charge in [0.1, 0.15) is 11.9 Å². The van der Waals surface area contributed by atoms with E-state index < -0.39 is 0 Å². The van der Waals surface area contributed by atoms with Gasteiger partial charge in [-0.15, -0.1) is 0 Å². The van der Waals surface area contributed by atoms with Crippen LogP contribution in [0, 0.1) is 13.8 Å². The smallest absolute Gasteiger partial charge is 0.228 e. The van der Waals surface area contributed by atoms with Crippen LogP contribution in [0.25, 0.3) is 0 Å². The molecule has 1 atom stereocenters. The molecule has 0 bridgehead atoms. The predicted molar refractivity (Wildman–Crippen MR) is 93.4 cm³/mol. The molecule has 1 heterocycles. The van der Waals surface area contributed by atoms with Crippen molar-refractivity contribution in [1.29, 1.82) is 0 Å². The second-order valence-corrected chi connectivity index (χ2v) is 5.56. The maximum Gasteiger partial charge on any atom is 0.228 e. The van der Waals surface area contributed by atoms with Crippen LogP contribution in [0.4, 0.5) is 0 Å². The van der Waals surface area contributed by atoms with E-state index in [2.05, 4.69) is 25.8 Å². The molecule has 0 aliphatic heterocycles. The number of aromatic nitrogens is 2. The number of nitrogens with zero attached hydrogens (tertiary/aromatic N) is 3. The van der Waals surface area contributed by atoms with E-state index in [1.165, 1.54) is 0 Å². The fraction of sp³-hybridized carbons (Fsp3) is 0.471. The molecule has 0 spiro atoms. The van der Waals surface area contributed by atoms with Crippen LogP contribution in [0.5, 0.6) is 5.75 Å². The van der Waals surface area contributed by atoms with Crippen LogP contribution in [0.2, 0.25) is 0 Å². The SMILES string of the molecule is CN=C(NCCc1nc(C)no1)NCC(C)Oc1ccccc1C. The zero-order chi connectivity index (χ0) is 17.4. The lowest BCUT2D eigenvalue weighted by Crippen LogP contribution is -2.42. The largest absolute Gasteiger partial charge is 0.489 e. The van der Waals surface area contributed by atoms with Crippen LogP contribution in [-0.2, 0) is 6.42 Å². The molecule has 0 saturated heterocycles. The lowest BCUT2D eigenvalue weighted by Gasteiger charge is -2.18. The van der Waals surface area contributed by atoms with E-state index >= 15 is 0 Å². The van der Waals surface area contributed by atoms with Gasteiger partial charge < -0.3 is 19.9 Å². The Morgan fingerprint density at radius 2 is 2.08 bits per heavy atom. The van der Waals surface area contributed by atoms with Gasteiger partial charge in [0.05, 0.1) is 6.54 Å². The van der Waals surface area contributed by atoms with E-state index in [4.69, 9.17) is 9.26 Å². The van der Waals surface area contributed by atoms with Crippen molar-refractivity contribution in [3.63, 3.8) is 0 Å². The molecule has 0 aliphatic carbocycles. The third-order valence-electron chi connectivity index (χ3n) is 3.40. The molecule has 0 aliphatic rings. The molecule has 7 heteroatoms. The first-order chi connectivity index (χ1) is 11.6. The van der Waals surface area contributed by atoms with E-state index in [1.807, 2.05) is 38.1 Å². The van der Waals surface area contributed by atoms with E-state index in [1.54, 1.807) is 14.0 Å². The first-order valence-electron chi connectivity index (χ1n) is 8.04. The van der Waals surface area contributed by atoms with Gasteiger partial charge in [0.25, 0.3) is 0 Å². The standard InChI is InChI=1S/C17H25N5O2/c1-12-7-5-6-8-15(12)23-13(2)11-20-17(18-4)19-10-9-16-21-14(3)22-24-16/h5-8,13H,9-11H2,1-4H3,(H2,18,19,20). The van der Waals surface area contributed by atoms with E-state index in [0.717, 1.165) is 11.3 Å². The summed E-state index contributed by atoms with van der Waals surface area (Å²) in [5.41, 5.74) is 1.13. The van der Waals surface area contributed by atoms with Gasteiger partial charge in [-0.2, -0.15) is 4.98 Å². The van der Waals surface area contributed by atoms with Crippen molar-refractivity contribution < 1.29 is 9.26 Å². The number of nitrogens with one attached hydrogen (secondary N) is 2. The molecule has 0 amide bonds. The normalized spacial score (nSPS) is 12.8. The summed E-state index contributed by atoms with van der Waals surface area (Å²) in [6.07, 6.45) is 0.666. The zero-order valence-corrected chi connectivity index (χ0v) is 14.7. The fourth-order valence-electron chi connectivity index (χ4n) is 2.14. The second-order valence-electron chi connectivity index (χ2n) is 5.56. The number of ether oxygens (including phenoxy) is 1. The summed E-state index contributed by atoms with van der Waals surface area (Å²) in [7, 11) is 1.74. The molecule has 2 N–H and O–H groups in total. The van der Waals surface area contributed by atoms with Crippen molar-refractivity contribution in [2.45, 2.75) is 33.3 Å². The average molecular weight is 331 g/mol. The minimum atomic E-state index is 0.0169. The molecule has 130 valence electrons. The molecule has 0 radical (unpaired) electrons. The highest BCUT2D eigenvalue weighted by molar-refractivity contribution is 5.79. The highest BCUT2D eigenvalue weighted by atomic mass is 16.5. The monoisotopic (exact) mass is 331 g/mol.